The van der Waals surface area contributed by atoms with Gasteiger partial charge in [0.1, 0.15) is 5.60 Å². The van der Waals surface area contributed by atoms with Crippen LogP contribution < -0.4 is 4.74 Å². The Hall–Kier alpha value is -2.25. The quantitative estimate of drug-likeness (QED) is 0.879. The highest BCUT2D eigenvalue weighted by molar-refractivity contribution is 5.78. The van der Waals surface area contributed by atoms with Crippen LogP contribution in [0.1, 0.15) is 59.1 Å². The fourth-order valence-corrected chi connectivity index (χ4v) is 3.27. The van der Waals surface area contributed by atoms with Crippen molar-refractivity contribution in [2.45, 2.75) is 64.5 Å². The van der Waals surface area contributed by atoms with Crippen LogP contribution in [-0.2, 0) is 15.1 Å². The molecule has 8 heteroatoms. The molecule has 1 amide bonds. The maximum absolute atomic E-state index is 12.3. The van der Waals surface area contributed by atoms with Crippen molar-refractivity contribution < 1.29 is 24.2 Å². The molecule has 1 saturated heterocycles. The zero-order valence-corrected chi connectivity index (χ0v) is 16.4. The van der Waals surface area contributed by atoms with E-state index in [1.54, 1.807) is 43.7 Å². The Morgan fingerprint density at radius 3 is 2.27 bits per heavy atom. The lowest BCUT2D eigenvalue weighted by Gasteiger charge is -2.40. The summed E-state index contributed by atoms with van der Waals surface area (Å²) in [5.41, 5.74) is -1.03. The number of hydrogen-bond acceptors (Lipinski definition) is 5. The van der Waals surface area contributed by atoms with Crippen molar-refractivity contribution >= 4 is 12.1 Å². The lowest BCUT2D eigenvalue weighted by molar-refractivity contribution is -0.151. The van der Waals surface area contributed by atoms with Crippen LogP contribution in [-0.4, -0.2) is 57.6 Å². The van der Waals surface area contributed by atoms with E-state index >= 15 is 0 Å². The van der Waals surface area contributed by atoms with Gasteiger partial charge < -0.3 is 19.5 Å². The average Bonchev–Trinajstić information content (AvgIpc) is 2.97. The second-order valence-corrected chi connectivity index (χ2v) is 7.97. The number of methoxy groups -OCH3 is 1. The summed E-state index contributed by atoms with van der Waals surface area (Å²) < 4.78 is 12.3. The number of hydrogen-bond donors (Lipinski definition) is 1. The number of rotatable bonds is 4. The predicted octanol–water partition coefficient (Wildman–Crippen LogP) is 2.83. The third-order valence-corrected chi connectivity index (χ3v) is 4.58. The SMILES string of the molecule is COc1cnn(C2(C(=O)O)CCN(C(=O)OC(C)(C)C)CC2)c1C(C)C. The van der Waals surface area contributed by atoms with E-state index < -0.39 is 23.2 Å². The summed E-state index contributed by atoms with van der Waals surface area (Å²) in [4.78, 5) is 26.0. The molecule has 0 unspecified atom stereocenters. The number of nitrogens with zero attached hydrogens (tertiary/aromatic N) is 3. The second-order valence-electron chi connectivity index (χ2n) is 7.97. The fraction of sp³-hybridized carbons (Fsp3) is 0.722. The summed E-state index contributed by atoms with van der Waals surface area (Å²) in [6.07, 6.45) is 1.65. The molecule has 2 rings (SSSR count). The highest BCUT2D eigenvalue weighted by atomic mass is 16.6. The normalized spacial score (nSPS) is 17.3. The molecule has 0 aliphatic carbocycles. The Bertz CT molecular complexity index is 667. The number of aliphatic carboxylic acids is 1. The first-order valence-corrected chi connectivity index (χ1v) is 8.85. The van der Waals surface area contributed by atoms with Gasteiger partial charge in [-0.25, -0.2) is 14.3 Å². The summed E-state index contributed by atoms with van der Waals surface area (Å²) in [6.45, 7) is 9.95. The zero-order chi connectivity index (χ0) is 19.7. The maximum Gasteiger partial charge on any atom is 0.410 e. The standard InChI is InChI=1S/C18H29N3O5/c1-12(2)14-13(25-6)11-19-21(14)18(15(22)23)7-9-20(10-8-18)16(24)26-17(3,4)5/h11-12H,7-10H2,1-6H3,(H,22,23). The molecule has 8 nitrogen and oxygen atoms in total. The highest BCUT2D eigenvalue weighted by Gasteiger charge is 2.47. The molecule has 0 spiro atoms. The van der Waals surface area contributed by atoms with Crippen molar-refractivity contribution in [2.24, 2.45) is 0 Å². The maximum atomic E-state index is 12.3. The van der Waals surface area contributed by atoms with Gasteiger partial charge >= 0.3 is 12.1 Å². The molecule has 0 aromatic carbocycles. The van der Waals surface area contributed by atoms with Crippen LogP contribution in [0.25, 0.3) is 0 Å². The number of piperidine rings is 1. The van der Waals surface area contributed by atoms with E-state index in [2.05, 4.69) is 5.10 Å². The van der Waals surface area contributed by atoms with E-state index in [1.807, 2.05) is 13.8 Å². The molecule has 0 atom stereocenters. The highest BCUT2D eigenvalue weighted by Crippen LogP contribution is 2.37. The molecular formula is C18H29N3O5. The van der Waals surface area contributed by atoms with Crippen LogP contribution in [0.3, 0.4) is 0 Å². The summed E-state index contributed by atoms with van der Waals surface area (Å²) in [5.74, 6) is -0.322. The molecule has 0 radical (unpaired) electrons. The summed E-state index contributed by atoms with van der Waals surface area (Å²) in [5, 5.41) is 14.3. The summed E-state index contributed by atoms with van der Waals surface area (Å²) in [6, 6.07) is 0. The van der Waals surface area contributed by atoms with Crippen molar-refractivity contribution in [3.05, 3.63) is 11.9 Å². The monoisotopic (exact) mass is 367 g/mol. The molecule has 1 N–H and O–H groups in total. The molecule has 1 fully saturated rings. The molecule has 1 aliphatic rings. The number of carboxylic acid groups (broad SMARTS) is 1. The van der Waals surface area contributed by atoms with Gasteiger partial charge in [-0.15, -0.1) is 0 Å². The van der Waals surface area contributed by atoms with E-state index in [-0.39, 0.29) is 18.8 Å². The van der Waals surface area contributed by atoms with Crippen LogP contribution in [0.5, 0.6) is 5.75 Å². The number of amides is 1. The minimum Gasteiger partial charge on any atom is -0.493 e. The Morgan fingerprint density at radius 1 is 1.27 bits per heavy atom. The first-order chi connectivity index (χ1) is 12.0. The lowest BCUT2D eigenvalue weighted by Crippen LogP contribution is -2.53. The fourth-order valence-electron chi connectivity index (χ4n) is 3.27. The predicted molar refractivity (Wildman–Crippen MR) is 95.5 cm³/mol. The van der Waals surface area contributed by atoms with Crippen LogP contribution in [0.4, 0.5) is 4.79 Å². The van der Waals surface area contributed by atoms with Crippen LogP contribution >= 0.6 is 0 Å². The number of ether oxygens (including phenoxy) is 2. The molecule has 1 aromatic heterocycles. The van der Waals surface area contributed by atoms with E-state index in [1.165, 1.54) is 0 Å². The molecule has 2 heterocycles. The van der Waals surface area contributed by atoms with E-state index in [4.69, 9.17) is 9.47 Å². The Balaban J connectivity index is 2.29. The number of likely N-dealkylation sites (tertiary alicyclic amines) is 1. The van der Waals surface area contributed by atoms with Gasteiger partial charge in [0.15, 0.2) is 11.3 Å². The van der Waals surface area contributed by atoms with Gasteiger partial charge in [-0.3, -0.25) is 0 Å². The van der Waals surface area contributed by atoms with Crippen LogP contribution in [0.2, 0.25) is 0 Å². The lowest BCUT2D eigenvalue weighted by atomic mass is 9.87. The largest absolute Gasteiger partial charge is 0.493 e. The van der Waals surface area contributed by atoms with Crippen molar-refractivity contribution in [1.29, 1.82) is 0 Å². The Labute approximate surface area is 154 Å². The van der Waals surface area contributed by atoms with Gasteiger partial charge in [0.05, 0.1) is 19.0 Å². The summed E-state index contributed by atoms with van der Waals surface area (Å²) in [7, 11) is 1.55. The van der Waals surface area contributed by atoms with Crippen LogP contribution in [0.15, 0.2) is 6.20 Å². The third kappa shape index (κ3) is 3.78. The van der Waals surface area contributed by atoms with Gasteiger partial charge in [0.2, 0.25) is 0 Å². The molecule has 1 aromatic rings. The Kier molecular flexibility index (Phi) is 5.53. The number of carboxylic acids is 1. The molecular weight excluding hydrogens is 338 g/mol. The smallest absolute Gasteiger partial charge is 0.410 e. The van der Waals surface area contributed by atoms with Gasteiger partial charge in [0.25, 0.3) is 0 Å². The molecule has 0 saturated carbocycles. The first-order valence-electron chi connectivity index (χ1n) is 8.85. The van der Waals surface area contributed by atoms with Gasteiger partial charge in [-0.05, 0) is 26.7 Å². The molecule has 146 valence electrons. The van der Waals surface area contributed by atoms with Gasteiger partial charge in [-0.1, -0.05) is 13.8 Å². The van der Waals surface area contributed by atoms with E-state index in [0.29, 0.717) is 18.8 Å². The van der Waals surface area contributed by atoms with E-state index in [9.17, 15) is 14.7 Å². The van der Waals surface area contributed by atoms with Crippen molar-refractivity contribution in [3.8, 4) is 5.75 Å². The van der Waals surface area contributed by atoms with Gasteiger partial charge in [-0.2, -0.15) is 5.10 Å². The van der Waals surface area contributed by atoms with Crippen molar-refractivity contribution in [1.82, 2.24) is 14.7 Å². The number of aromatic nitrogens is 2. The van der Waals surface area contributed by atoms with Gasteiger partial charge in [0, 0.05) is 25.9 Å². The topological polar surface area (TPSA) is 93.9 Å². The minimum absolute atomic E-state index is 0.0487. The zero-order valence-electron chi connectivity index (χ0n) is 16.4. The van der Waals surface area contributed by atoms with E-state index in [0.717, 1.165) is 5.69 Å². The molecule has 0 bridgehead atoms. The Morgan fingerprint density at radius 2 is 1.85 bits per heavy atom. The summed E-state index contributed by atoms with van der Waals surface area (Å²) >= 11 is 0. The van der Waals surface area contributed by atoms with Crippen LogP contribution in [0, 0.1) is 0 Å². The molecule has 26 heavy (non-hydrogen) atoms. The minimum atomic E-state index is -1.20. The van der Waals surface area contributed by atoms with Crippen molar-refractivity contribution in [3.63, 3.8) is 0 Å². The third-order valence-electron chi connectivity index (χ3n) is 4.58. The van der Waals surface area contributed by atoms with Crippen molar-refractivity contribution in [2.75, 3.05) is 20.2 Å². The average molecular weight is 367 g/mol. The second kappa shape index (κ2) is 7.17. The number of carbonyl (C=O) groups excluding carboxylic acids is 1. The first kappa shape index (κ1) is 20.1. The molecule has 1 aliphatic heterocycles. The number of carbonyl (C=O) groups is 2.